The molecule has 0 saturated heterocycles. The molecule has 0 aliphatic heterocycles. The Morgan fingerprint density at radius 1 is 0.750 bits per heavy atom. The number of hydrogen-bond donors (Lipinski definition) is 0. The van der Waals surface area contributed by atoms with Gasteiger partial charge in [0.1, 0.15) is 7.85 Å². The van der Waals surface area contributed by atoms with E-state index >= 15 is 0 Å². The molecule has 0 aliphatic rings. The largest absolute Gasteiger partial charge is 0.135 e. The molecule has 0 amide bonds. The van der Waals surface area contributed by atoms with Gasteiger partial charge in [-0.2, -0.15) is 0 Å². The minimum absolute atomic E-state index is 0.932. The van der Waals surface area contributed by atoms with E-state index < -0.39 is 0 Å². The number of hydrogen-bond acceptors (Lipinski definition) is 0. The molecular weight excluding hydrogens is 191 g/mol. The van der Waals surface area contributed by atoms with Gasteiger partial charge in [-0.25, -0.2) is 0 Å². The fraction of sp³-hybridized carbons (Fsp3) is 0.467. The molecule has 0 unspecified atom stereocenters. The van der Waals surface area contributed by atoms with Crippen LogP contribution < -0.4 is 0 Å². The van der Waals surface area contributed by atoms with Gasteiger partial charge >= 0.3 is 0 Å². The van der Waals surface area contributed by atoms with Crippen LogP contribution in [-0.4, -0.2) is 7.85 Å². The summed E-state index contributed by atoms with van der Waals surface area (Å²) in [5.41, 5.74) is 0. The van der Waals surface area contributed by atoms with Crippen LogP contribution in [0, 0.1) is 0 Å². The third kappa shape index (κ3) is 13.0. The van der Waals surface area contributed by atoms with E-state index in [0.29, 0.717) is 0 Å². The van der Waals surface area contributed by atoms with Gasteiger partial charge in [0.05, 0.1) is 0 Å². The first kappa shape index (κ1) is 15.0. The molecule has 0 nitrogen and oxygen atoms in total. The maximum absolute atomic E-state index is 5.22. The first-order chi connectivity index (χ1) is 7.91. The van der Waals surface area contributed by atoms with E-state index in [2.05, 4.69) is 43.4 Å². The Balaban J connectivity index is 3.33. The Bertz CT molecular complexity index is 234. The van der Waals surface area contributed by atoms with Gasteiger partial charge in [-0.1, -0.05) is 62.3 Å². The molecule has 0 fully saturated rings. The fourth-order valence-corrected chi connectivity index (χ4v) is 1.24. The second kappa shape index (κ2) is 14.0. The highest BCUT2D eigenvalue weighted by Gasteiger charge is 1.77. The molecular formula is C15H23B. The molecule has 86 valence electrons. The van der Waals surface area contributed by atoms with Crippen molar-refractivity contribution in [3.05, 3.63) is 48.5 Å². The van der Waals surface area contributed by atoms with E-state index in [1.807, 2.05) is 6.08 Å². The standard InChI is InChI=1S/C15H23B/c1-2-3-4-5-6-7-8-9-10-11-12-13-14-15-16/h5-6,8-9,11-12,14-15H,2-4,7,10,13H2,1H3/b6-5-,9-8-,12-11-,15-14-. The molecule has 0 aliphatic carbocycles. The van der Waals surface area contributed by atoms with Crippen molar-refractivity contribution in [3.63, 3.8) is 0 Å². The molecule has 0 atom stereocenters. The monoisotopic (exact) mass is 214 g/mol. The van der Waals surface area contributed by atoms with E-state index in [1.165, 1.54) is 19.3 Å². The molecule has 0 heterocycles. The normalized spacial score (nSPS) is 12.8. The molecule has 0 bridgehead atoms. The smallest absolute Gasteiger partial charge is 0.102 e. The van der Waals surface area contributed by atoms with Crippen molar-refractivity contribution in [2.45, 2.75) is 45.4 Å². The summed E-state index contributed by atoms with van der Waals surface area (Å²) in [5, 5.41) is 0. The lowest BCUT2D eigenvalue weighted by molar-refractivity contribution is 0.813. The van der Waals surface area contributed by atoms with Crippen molar-refractivity contribution in [1.82, 2.24) is 0 Å². The number of unbranched alkanes of at least 4 members (excludes halogenated alkanes) is 2. The van der Waals surface area contributed by atoms with E-state index in [0.717, 1.165) is 19.3 Å². The van der Waals surface area contributed by atoms with E-state index in [1.54, 1.807) is 5.98 Å². The molecule has 1 heteroatoms. The van der Waals surface area contributed by atoms with Gasteiger partial charge in [-0.15, -0.1) is 5.98 Å². The summed E-state index contributed by atoms with van der Waals surface area (Å²) in [6.07, 6.45) is 22.0. The van der Waals surface area contributed by atoms with E-state index in [9.17, 15) is 0 Å². The van der Waals surface area contributed by atoms with Gasteiger partial charge in [0.25, 0.3) is 0 Å². The topological polar surface area (TPSA) is 0 Å². The Morgan fingerprint density at radius 3 is 1.75 bits per heavy atom. The Morgan fingerprint density at radius 2 is 1.25 bits per heavy atom. The summed E-state index contributed by atoms with van der Waals surface area (Å²) in [4.78, 5) is 0. The lowest BCUT2D eigenvalue weighted by atomic mass is 10.1. The minimum atomic E-state index is 0.932. The Hall–Kier alpha value is -0.975. The average Bonchev–Trinajstić information content (AvgIpc) is 2.31. The van der Waals surface area contributed by atoms with Crippen molar-refractivity contribution in [3.8, 4) is 0 Å². The van der Waals surface area contributed by atoms with Crippen LogP contribution in [0.15, 0.2) is 48.5 Å². The van der Waals surface area contributed by atoms with Gasteiger partial charge in [0.2, 0.25) is 0 Å². The Labute approximate surface area is 102 Å². The lowest BCUT2D eigenvalue weighted by Gasteiger charge is -1.87. The zero-order valence-corrected chi connectivity index (χ0v) is 10.4. The molecule has 2 radical (unpaired) electrons. The van der Waals surface area contributed by atoms with Gasteiger partial charge in [0.15, 0.2) is 0 Å². The molecule has 0 aromatic carbocycles. The van der Waals surface area contributed by atoms with Gasteiger partial charge < -0.3 is 0 Å². The predicted octanol–water partition coefficient (Wildman–Crippen LogP) is 4.70. The summed E-state index contributed by atoms with van der Waals surface area (Å²) >= 11 is 0. The van der Waals surface area contributed by atoms with E-state index in [4.69, 9.17) is 7.85 Å². The van der Waals surface area contributed by atoms with Crippen LogP contribution in [0.5, 0.6) is 0 Å². The summed E-state index contributed by atoms with van der Waals surface area (Å²) in [5.74, 6) is 1.58. The quantitative estimate of drug-likeness (QED) is 0.296. The van der Waals surface area contributed by atoms with Crippen LogP contribution in [0.4, 0.5) is 0 Å². The summed E-state index contributed by atoms with van der Waals surface area (Å²) < 4.78 is 0. The molecule has 0 saturated carbocycles. The third-order valence-electron chi connectivity index (χ3n) is 2.18. The maximum Gasteiger partial charge on any atom is 0.102 e. The first-order valence-corrected chi connectivity index (χ1v) is 6.23. The molecule has 0 N–H and O–H groups in total. The average molecular weight is 214 g/mol. The number of allylic oxidation sites excluding steroid dienone is 7. The highest BCUT2D eigenvalue weighted by Crippen LogP contribution is 1.97. The van der Waals surface area contributed by atoms with Crippen LogP contribution in [0.1, 0.15) is 45.4 Å². The second-order valence-electron chi connectivity index (χ2n) is 3.69. The zero-order chi connectivity index (χ0) is 11.9. The van der Waals surface area contributed by atoms with Gasteiger partial charge in [-0.05, 0) is 25.7 Å². The zero-order valence-electron chi connectivity index (χ0n) is 10.4. The summed E-state index contributed by atoms with van der Waals surface area (Å²) in [7, 11) is 5.22. The van der Waals surface area contributed by atoms with Crippen molar-refractivity contribution in [2.75, 3.05) is 0 Å². The van der Waals surface area contributed by atoms with Crippen molar-refractivity contribution >= 4 is 7.85 Å². The fourth-order valence-electron chi connectivity index (χ4n) is 1.24. The third-order valence-corrected chi connectivity index (χ3v) is 2.18. The van der Waals surface area contributed by atoms with Crippen molar-refractivity contribution in [1.29, 1.82) is 0 Å². The van der Waals surface area contributed by atoms with Crippen molar-refractivity contribution in [2.24, 2.45) is 0 Å². The van der Waals surface area contributed by atoms with Crippen LogP contribution in [0.2, 0.25) is 0 Å². The van der Waals surface area contributed by atoms with Gasteiger partial charge in [0, 0.05) is 0 Å². The highest BCUT2D eigenvalue weighted by molar-refractivity contribution is 6.16. The summed E-state index contributed by atoms with van der Waals surface area (Å²) in [6.45, 7) is 2.22. The lowest BCUT2D eigenvalue weighted by Crippen LogP contribution is -1.67. The predicted molar refractivity (Wildman–Crippen MR) is 75.7 cm³/mol. The van der Waals surface area contributed by atoms with Crippen LogP contribution >= 0.6 is 0 Å². The molecule has 0 aromatic rings. The highest BCUT2D eigenvalue weighted by atomic mass is 13.8. The summed E-state index contributed by atoms with van der Waals surface area (Å²) in [6, 6.07) is 0. The van der Waals surface area contributed by atoms with Crippen LogP contribution in [-0.2, 0) is 0 Å². The maximum atomic E-state index is 5.22. The second-order valence-corrected chi connectivity index (χ2v) is 3.69. The van der Waals surface area contributed by atoms with Crippen LogP contribution in [0.25, 0.3) is 0 Å². The SMILES string of the molecule is [B]/C=C\C/C=C\C/C=C\C/C=C\CCCC. The molecule has 16 heavy (non-hydrogen) atoms. The van der Waals surface area contributed by atoms with Crippen LogP contribution in [0.3, 0.4) is 0 Å². The number of rotatable bonds is 9. The molecule has 0 spiro atoms. The van der Waals surface area contributed by atoms with Gasteiger partial charge in [-0.3, -0.25) is 0 Å². The first-order valence-electron chi connectivity index (χ1n) is 6.23. The molecule has 0 aromatic heterocycles. The Kier molecular flexibility index (Phi) is 13.2. The minimum Gasteiger partial charge on any atom is -0.135 e. The van der Waals surface area contributed by atoms with Crippen molar-refractivity contribution < 1.29 is 0 Å². The van der Waals surface area contributed by atoms with E-state index in [-0.39, 0.29) is 0 Å². The molecule has 0 rings (SSSR count).